The van der Waals surface area contributed by atoms with Crippen LogP contribution in [0.4, 0.5) is 0 Å². The highest BCUT2D eigenvalue weighted by molar-refractivity contribution is 5.84. The van der Waals surface area contributed by atoms with Gasteiger partial charge in [-0.15, -0.1) is 0 Å². The fourth-order valence-corrected chi connectivity index (χ4v) is 3.05. The molecule has 0 saturated heterocycles. The molecule has 0 aliphatic heterocycles. The summed E-state index contributed by atoms with van der Waals surface area (Å²) in [5.41, 5.74) is 5.48. The second-order valence-electron chi connectivity index (χ2n) is 6.45. The number of amides is 1. The molecule has 0 atom stereocenters. The molecule has 0 aromatic carbocycles. The minimum Gasteiger partial charge on any atom is -0.350 e. The van der Waals surface area contributed by atoms with Crippen molar-refractivity contribution in [3.63, 3.8) is 0 Å². The summed E-state index contributed by atoms with van der Waals surface area (Å²) in [4.78, 5) is 12.3. The van der Waals surface area contributed by atoms with Gasteiger partial charge < -0.3 is 11.1 Å². The van der Waals surface area contributed by atoms with Crippen LogP contribution in [0.25, 0.3) is 0 Å². The number of nitrogens with one attached hydrogen (secondary N) is 1. The van der Waals surface area contributed by atoms with Crippen LogP contribution in [0.3, 0.4) is 0 Å². The molecule has 0 aromatic heterocycles. The summed E-state index contributed by atoms with van der Waals surface area (Å²) in [6.45, 7) is 6.95. The number of nitrogens with two attached hydrogens (primary N) is 1. The Kier molecular flexibility index (Phi) is 2.77. The van der Waals surface area contributed by atoms with E-state index in [9.17, 15) is 4.79 Å². The Morgan fingerprint density at radius 3 is 2.38 bits per heavy atom. The van der Waals surface area contributed by atoms with Crippen molar-refractivity contribution in [3.8, 4) is 0 Å². The average Bonchev–Trinajstić information content (AvgIpc) is 2.94. The van der Waals surface area contributed by atoms with E-state index in [4.69, 9.17) is 5.73 Å². The maximum Gasteiger partial charge on any atom is 0.227 e. The summed E-state index contributed by atoms with van der Waals surface area (Å²) in [5.74, 6) is 1.51. The third-order valence-electron chi connectivity index (χ3n) is 4.38. The normalized spacial score (nSPS) is 34.4. The Morgan fingerprint density at radius 1 is 1.44 bits per heavy atom. The van der Waals surface area contributed by atoms with E-state index in [0.29, 0.717) is 18.4 Å². The smallest absolute Gasteiger partial charge is 0.227 e. The van der Waals surface area contributed by atoms with E-state index >= 15 is 0 Å². The van der Waals surface area contributed by atoms with E-state index in [0.717, 1.165) is 12.8 Å². The topological polar surface area (TPSA) is 55.1 Å². The quantitative estimate of drug-likeness (QED) is 0.763. The van der Waals surface area contributed by atoms with Crippen molar-refractivity contribution in [2.45, 2.75) is 52.0 Å². The molecule has 2 fully saturated rings. The summed E-state index contributed by atoms with van der Waals surface area (Å²) in [6, 6.07) is 0. The van der Waals surface area contributed by atoms with Gasteiger partial charge in [0.2, 0.25) is 5.91 Å². The van der Waals surface area contributed by atoms with E-state index in [1.54, 1.807) is 0 Å². The maximum absolute atomic E-state index is 12.3. The number of hydrogen-bond donors (Lipinski definition) is 2. The van der Waals surface area contributed by atoms with Crippen LogP contribution in [-0.2, 0) is 4.79 Å². The van der Waals surface area contributed by atoms with Crippen LogP contribution >= 0.6 is 0 Å². The van der Waals surface area contributed by atoms with Crippen LogP contribution in [0.5, 0.6) is 0 Å². The number of rotatable bonds is 4. The van der Waals surface area contributed by atoms with Crippen molar-refractivity contribution in [1.29, 1.82) is 0 Å². The lowest BCUT2D eigenvalue weighted by molar-refractivity contribution is -0.140. The highest BCUT2D eigenvalue weighted by Crippen LogP contribution is 2.46. The van der Waals surface area contributed by atoms with Gasteiger partial charge in [-0.2, -0.15) is 0 Å². The molecular formula is C13H24N2O. The first-order valence-corrected chi connectivity index (χ1v) is 6.42. The summed E-state index contributed by atoms with van der Waals surface area (Å²) in [7, 11) is 0. The zero-order valence-electron chi connectivity index (χ0n) is 10.7. The first kappa shape index (κ1) is 11.9. The van der Waals surface area contributed by atoms with Crippen molar-refractivity contribution < 1.29 is 4.79 Å². The summed E-state index contributed by atoms with van der Waals surface area (Å²) < 4.78 is 0. The first-order valence-electron chi connectivity index (χ1n) is 6.42. The van der Waals surface area contributed by atoms with Gasteiger partial charge in [-0.25, -0.2) is 0 Å². The molecule has 3 heteroatoms. The van der Waals surface area contributed by atoms with Gasteiger partial charge in [0, 0.05) is 12.1 Å². The molecule has 2 saturated carbocycles. The third-order valence-corrected chi connectivity index (χ3v) is 4.38. The fourth-order valence-electron chi connectivity index (χ4n) is 3.05. The van der Waals surface area contributed by atoms with E-state index in [-0.39, 0.29) is 16.9 Å². The summed E-state index contributed by atoms with van der Waals surface area (Å²) in [5, 5.41) is 3.21. The van der Waals surface area contributed by atoms with Crippen molar-refractivity contribution in [2.24, 2.45) is 23.0 Å². The van der Waals surface area contributed by atoms with Crippen molar-refractivity contribution >= 4 is 5.91 Å². The van der Waals surface area contributed by atoms with Crippen LogP contribution in [0, 0.1) is 17.3 Å². The van der Waals surface area contributed by atoms with Gasteiger partial charge in [0.05, 0.1) is 5.41 Å². The largest absolute Gasteiger partial charge is 0.350 e. The average molecular weight is 224 g/mol. The molecule has 2 rings (SSSR count). The predicted octanol–water partition coefficient (Wildman–Crippen LogP) is 1.67. The Hall–Kier alpha value is -0.570. The van der Waals surface area contributed by atoms with Crippen LogP contribution in [0.1, 0.15) is 46.5 Å². The lowest BCUT2D eigenvalue weighted by Crippen LogP contribution is -2.58. The second-order valence-corrected chi connectivity index (χ2v) is 6.45. The fraction of sp³-hybridized carbons (Fsp3) is 0.923. The standard InChI is InChI=1S/C13H24N2O/c1-9-6-13(7-9,8-14)11(16)15-12(2,3)10-4-5-10/h9-10H,4-8,14H2,1-3H3,(H,15,16). The highest BCUT2D eigenvalue weighted by atomic mass is 16.2. The molecule has 92 valence electrons. The Morgan fingerprint density at radius 2 is 2.00 bits per heavy atom. The van der Waals surface area contributed by atoms with E-state index in [1.807, 2.05) is 0 Å². The molecule has 2 aliphatic carbocycles. The molecule has 0 spiro atoms. The SMILES string of the molecule is CC1CC(CN)(C(=O)NC(C)(C)C2CC2)C1. The highest BCUT2D eigenvalue weighted by Gasteiger charge is 2.49. The molecule has 3 nitrogen and oxygen atoms in total. The van der Waals surface area contributed by atoms with Gasteiger partial charge in [-0.3, -0.25) is 4.79 Å². The molecule has 0 unspecified atom stereocenters. The zero-order valence-corrected chi connectivity index (χ0v) is 10.7. The van der Waals surface area contributed by atoms with Gasteiger partial charge >= 0.3 is 0 Å². The van der Waals surface area contributed by atoms with Gasteiger partial charge in [0.25, 0.3) is 0 Å². The lowest BCUT2D eigenvalue weighted by atomic mass is 9.62. The van der Waals surface area contributed by atoms with E-state index in [1.165, 1.54) is 12.8 Å². The molecular weight excluding hydrogens is 200 g/mol. The van der Waals surface area contributed by atoms with Crippen LogP contribution in [0.2, 0.25) is 0 Å². The Labute approximate surface area is 98.2 Å². The van der Waals surface area contributed by atoms with Crippen molar-refractivity contribution in [2.75, 3.05) is 6.54 Å². The minimum atomic E-state index is -0.258. The monoisotopic (exact) mass is 224 g/mol. The molecule has 3 N–H and O–H groups in total. The predicted molar refractivity (Wildman–Crippen MR) is 64.8 cm³/mol. The van der Waals surface area contributed by atoms with Crippen molar-refractivity contribution in [1.82, 2.24) is 5.32 Å². The van der Waals surface area contributed by atoms with Gasteiger partial charge in [-0.05, 0) is 51.4 Å². The summed E-state index contributed by atoms with van der Waals surface area (Å²) in [6.07, 6.45) is 4.41. The third kappa shape index (κ3) is 1.97. The Bertz CT molecular complexity index is 288. The van der Waals surface area contributed by atoms with Crippen LogP contribution < -0.4 is 11.1 Å². The summed E-state index contributed by atoms with van der Waals surface area (Å²) >= 11 is 0. The maximum atomic E-state index is 12.3. The van der Waals surface area contributed by atoms with Gasteiger partial charge in [0.15, 0.2) is 0 Å². The number of carbonyl (C=O) groups excluding carboxylic acids is 1. The lowest BCUT2D eigenvalue weighted by Gasteiger charge is -2.46. The molecule has 0 radical (unpaired) electrons. The van der Waals surface area contributed by atoms with E-state index in [2.05, 4.69) is 26.1 Å². The van der Waals surface area contributed by atoms with Gasteiger partial charge in [0.1, 0.15) is 0 Å². The minimum absolute atomic E-state index is 0.0436. The molecule has 0 bridgehead atoms. The first-order chi connectivity index (χ1) is 7.39. The number of hydrogen-bond acceptors (Lipinski definition) is 2. The molecule has 0 heterocycles. The van der Waals surface area contributed by atoms with Crippen molar-refractivity contribution in [3.05, 3.63) is 0 Å². The molecule has 0 aromatic rings. The van der Waals surface area contributed by atoms with Gasteiger partial charge in [-0.1, -0.05) is 6.92 Å². The Balaban J connectivity index is 1.96. The molecule has 2 aliphatic rings. The van der Waals surface area contributed by atoms with E-state index < -0.39 is 0 Å². The van der Waals surface area contributed by atoms with Crippen LogP contribution in [0.15, 0.2) is 0 Å². The number of carbonyl (C=O) groups is 1. The zero-order chi connectivity index (χ0) is 12.0. The van der Waals surface area contributed by atoms with Crippen LogP contribution in [-0.4, -0.2) is 18.0 Å². The molecule has 1 amide bonds. The molecule has 16 heavy (non-hydrogen) atoms. The second kappa shape index (κ2) is 3.73.